The quantitative estimate of drug-likeness (QED) is 0.692. The predicted molar refractivity (Wildman–Crippen MR) is 41.3 cm³/mol. The molecule has 12 heavy (non-hydrogen) atoms. The molecule has 0 fully saturated rings. The molecule has 0 radical (unpaired) electrons. The molecule has 0 amide bonds. The fourth-order valence-corrected chi connectivity index (χ4v) is 0.860. The Morgan fingerprint density at radius 3 is 2.83 bits per heavy atom. The summed E-state index contributed by atoms with van der Waals surface area (Å²) in [6, 6.07) is 3.14. The highest BCUT2D eigenvalue weighted by molar-refractivity contribution is 7.85. The van der Waals surface area contributed by atoms with Crippen molar-refractivity contribution >= 4 is 10.1 Å². The molecule has 1 N–H and O–H groups in total. The summed E-state index contributed by atoms with van der Waals surface area (Å²) in [7, 11) is -4.07. The van der Waals surface area contributed by atoms with Crippen molar-refractivity contribution in [2.75, 3.05) is 5.94 Å². The van der Waals surface area contributed by atoms with E-state index in [1.54, 1.807) is 6.07 Å². The minimum Gasteiger partial charge on any atom is -0.474 e. The van der Waals surface area contributed by atoms with Crippen LogP contribution in [0.1, 0.15) is 0 Å². The number of rotatable bonds is 3. The number of nitrogens with zero attached hydrogens (tertiary/aromatic N) is 1. The molecular weight excluding hydrogens is 182 g/mol. The van der Waals surface area contributed by atoms with E-state index in [1.807, 2.05) is 0 Å². The zero-order valence-corrected chi connectivity index (χ0v) is 6.86. The number of pyridine rings is 1. The third-order valence-electron chi connectivity index (χ3n) is 1.01. The van der Waals surface area contributed by atoms with Gasteiger partial charge in [0.25, 0.3) is 0 Å². The van der Waals surface area contributed by atoms with Gasteiger partial charge in [-0.2, -0.15) is 8.42 Å². The molecular formula is C6H7NO4S. The Bertz CT molecular complexity index is 334. The zero-order valence-electron chi connectivity index (χ0n) is 6.04. The summed E-state index contributed by atoms with van der Waals surface area (Å²) >= 11 is 0. The molecule has 0 spiro atoms. The van der Waals surface area contributed by atoms with Gasteiger partial charge in [0, 0.05) is 6.20 Å². The molecule has 6 heteroatoms. The van der Waals surface area contributed by atoms with Crippen molar-refractivity contribution in [1.82, 2.24) is 4.98 Å². The largest absolute Gasteiger partial charge is 0.474 e. The molecule has 1 rings (SSSR count). The van der Waals surface area contributed by atoms with Crippen LogP contribution in [0.25, 0.3) is 0 Å². The van der Waals surface area contributed by atoms with Crippen molar-refractivity contribution in [3.05, 3.63) is 24.5 Å². The van der Waals surface area contributed by atoms with Crippen LogP contribution in [0, 0.1) is 0 Å². The lowest BCUT2D eigenvalue weighted by atomic mass is 10.5. The van der Waals surface area contributed by atoms with Crippen molar-refractivity contribution in [3.8, 4) is 5.75 Å². The van der Waals surface area contributed by atoms with E-state index in [0.29, 0.717) is 5.75 Å². The maximum Gasteiger partial charge on any atom is 0.300 e. The summed E-state index contributed by atoms with van der Waals surface area (Å²) < 4.78 is 33.4. The highest BCUT2D eigenvalue weighted by Gasteiger charge is 2.04. The van der Waals surface area contributed by atoms with E-state index >= 15 is 0 Å². The first-order valence-corrected chi connectivity index (χ1v) is 4.67. The average molecular weight is 189 g/mol. The molecule has 0 saturated carbocycles. The van der Waals surface area contributed by atoms with Crippen LogP contribution >= 0.6 is 0 Å². The summed E-state index contributed by atoms with van der Waals surface area (Å²) in [5.74, 6) is -0.450. The van der Waals surface area contributed by atoms with Gasteiger partial charge < -0.3 is 4.74 Å². The number of aromatic nitrogens is 1. The van der Waals surface area contributed by atoms with Gasteiger partial charge in [0.2, 0.25) is 5.94 Å². The summed E-state index contributed by atoms with van der Waals surface area (Å²) in [6.07, 6.45) is 2.88. The zero-order chi connectivity index (χ0) is 9.03. The van der Waals surface area contributed by atoms with Gasteiger partial charge in [-0.25, -0.2) is 0 Å². The molecule has 0 atom stereocenters. The fourth-order valence-electron chi connectivity index (χ4n) is 0.575. The van der Waals surface area contributed by atoms with Gasteiger partial charge in [-0.05, 0) is 12.1 Å². The molecule has 0 saturated heterocycles. The van der Waals surface area contributed by atoms with E-state index in [-0.39, 0.29) is 0 Å². The first kappa shape index (κ1) is 8.95. The lowest BCUT2D eigenvalue weighted by Crippen LogP contribution is -2.10. The van der Waals surface area contributed by atoms with E-state index in [1.165, 1.54) is 18.5 Å². The lowest BCUT2D eigenvalue weighted by molar-refractivity contribution is 0.351. The van der Waals surface area contributed by atoms with E-state index < -0.39 is 16.1 Å². The first-order valence-electron chi connectivity index (χ1n) is 3.06. The third kappa shape index (κ3) is 3.31. The molecule has 0 unspecified atom stereocenters. The topological polar surface area (TPSA) is 76.5 Å². The first-order chi connectivity index (χ1) is 5.58. The van der Waals surface area contributed by atoms with Crippen molar-refractivity contribution in [1.29, 1.82) is 0 Å². The average Bonchev–Trinajstić information content (AvgIpc) is 2.02. The number of hydrogen-bond acceptors (Lipinski definition) is 4. The number of ether oxygens (including phenoxy) is 1. The van der Waals surface area contributed by atoms with Crippen LogP contribution < -0.4 is 4.74 Å². The maximum atomic E-state index is 10.2. The smallest absolute Gasteiger partial charge is 0.300 e. The van der Waals surface area contributed by atoms with Crippen molar-refractivity contribution in [3.63, 3.8) is 0 Å². The summed E-state index contributed by atoms with van der Waals surface area (Å²) in [5, 5.41) is 0. The van der Waals surface area contributed by atoms with Gasteiger partial charge in [-0.1, -0.05) is 0 Å². The molecule has 1 heterocycles. The Labute approximate surface area is 69.8 Å². The highest BCUT2D eigenvalue weighted by Crippen LogP contribution is 2.06. The summed E-state index contributed by atoms with van der Waals surface area (Å²) in [5.41, 5.74) is 0. The van der Waals surface area contributed by atoms with E-state index in [2.05, 4.69) is 9.72 Å². The fraction of sp³-hybridized carbons (Fsp3) is 0.167. The summed E-state index contributed by atoms with van der Waals surface area (Å²) in [6.45, 7) is 0. The molecule has 0 aliphatic heterocycles. The van der Waals surface area contributed by atoms with Crippen LogP contribution in [0.4, 0.5) is 0 Å². The normalized spacial score (nSPS) is 11.1. The molecule has 1 aromatic rings. The Morgan fingerprint density at radius 2 is 2.33 bits per heavy atom. The van der Waals surface area contributed by atoms with Gasteiger partial charge in [0.1, 0.15) is 5.75 Å². The summed E-state index contributed by atoms with van der Waals surface area (Å²) in [4.78, 5) is 3.68. The maximum absolute atomic E-state index is 10.2. The lowest BCUT2D eigenvalue weighted by Gasteiger charge is -2.01. The van der Waals surface area contributed by atoms with Crippen LogP contribution in [0.5, 0.6) is 5.75 Å². The van der Waals surface area contributed by atoms with Crippen molar-refractivity contribution < 1.29 is 17.7 Å². The van der Waals surface area contributed by atoms with Gasteiger partial charge in [-0.15, -0.1) is 0 Å². The van der Waals surface area contributed by atoms with Gasteiger partial charge in [0.15, 0.2) is 0 Å². The Balaban J connectivity index is 2.56. The van der Waals surface area contributed by atoms with Gasteiger partial charge >= 0.3 is 10.1 Å². The van der Waals surface area contributed by atoms with Crippen LogP contribution in [0.3, 0.4) is 0 Å². The SMILES string of the molecule is O=S(=O)(O)COc1cccnc1. The molecule has 66 valence electrons. The molecule has 0 aliphatic carbocycles. The minimum atomic E-state index is -4.07. The second-order valence-corrected chi connectivity index (χ2v) is 3.43. The van der Waals surface area contributed by atoms with Gasteiger partial charge in [0.05, 0.1) is 6.20 Å². The second kappa shape index (κ2) is 3.51. The van der Waals surface area contributed by atoms with Crippen LogP contribution in [-0.2, 0) is 10.1 Å². The minimum absolute atomic E-state index is 0.301. The van der Waals surface area contributed by atoms with Crippen LogP contribution in [0.15, 0.2) is 24.5 Å². The molecule has 0 aromatic carbocycles. The molecule has 1 aromatic heterocycles. The predicted octanol–water partition coefficient (Wildman–Crippen LogP) is 0.306. The molecule has 5 nitrogen and oxygen atoms in total. The van der Waals surface area contributed by atoms with E-state index in [0.717, 1.165) is 0 Å². The molecule has 0 bridgehead atoms. The third-order valence-corrected chi connectivity index (χ3v) is 1.42. The Morgan fingerprint density at radius 1 is 1.58 bits per heavy atom. The van der Waals surface area contributed by atoms with E-state index in [9.17, 15) is 8.42 Å². The second-order valence-electron chi connectivity index (χ2n) is 2.03. The number of hydrogen-bond donors (Lipinski definition) is 1. The monoisotopic (exact) mass is 189 g/mol. The Hall–Kier alpha value is -1.14. The Kier molecular flexibility index (Phi) is 2.61. The highest BCUT2D eigenvalue weighted by atomic mass is 32.2. The molecule has 0 aliphatic rings. The van der Waals surface area contributed by atoms with E-state index in [4.69, 9.17) is 4.55 Å². The van der Waals surface area contributed by atoms with Crippen molar-refractivity contribution in [2.24, 2.45) is 0 Å². The van der Waals surface area contributed by atoms with Crippen LogP contribution in [0.2, 0.25) is 0 Å². The standard InChI is InChI=1S/C6H7NO4S/c8-12(9,10)5-11-6-2-1-3-7-4-6/h1-4H,5H2,(H,8,9,10). The van der Waals surface area contributed by atoms with Crippen molar-refractivity contribution in [2.45, 2.75) is 0 Å². The van der Waals surface area contributed by atoms with Crippen LogP contribution in [-0.4, -0.2) is 23.9 Å². The van der Waals surface area contributed by atoms with Gasteiger partial charge in [-0.3, -0.25) is 9.54 Å².